The molecule has 9 nitrogen and oxygen atoms in total. The number of sulfonamides is 1. The van der Waals surface area contributed by atoms with Crippen molar-refractivity contribution in [3.63, 3.8) is 0 Å². The lowest BCUT2D eigenvalue weighted by atomic mass is 10.2. The van der Waals surface area contributed by atoms with Crippen molar-refractivity contribution in [3.8, 4) is 0 Å². The Morgan fingerprint density at radius 2 is 1.80 bits per heavy atom. The van der Waals surface area contributed by atoms with E-state index in [2.05, 4.69) is 5.32 Å². The van der Waals surface area contributed by atoms with Crippen molar-refractivity contribution in [2.75, 3.05) is 38.0 Å². The first kappa shape index (κ1) is 21.8. The Bertz CT molecular complexity index is 1040. The Hall–Kier alpha value is -2.89. The standard InChI is InChI=1S/C19H21FN4O5S/c20-17-6-1-2-7-18(17)30(28,29)23-12-10-22(11-13-23)9-8-19(25)21-15-4-3-5-16(14-15)24(26)27/h1-7,14H,8-13H2,(H,21,25). The van der Waals surface area contributed by atoms with Gasteiger partial charge in [-0.25, -0.2) is 12.8 Å². The van der Waals surface area contributed by atoms with Crippen LogP contribution in [0.4, 0.5) is 15.8 Å². The zero-order valence-corrected chi connectivity index (χ0v) is 16.8. The van der Waals surface area contributed by atoms with Gasteiger partial charge < -0.3 is 10.2 Å². The molecule has 1 saturated heterocycles. The molecule has 0 aliphatic carbocycles. The molecule has 0 unspecified atom stereocenters. The van der Waals surface area contributed by atoms with Crippen LogP contribution < -0.4 is 5.32 Å². The maximum atomic E-state index is 13.9. The number of hydrogen-bond acceptors (Lipinski definition) is 6. The highest BCUT2D eigenvalue weighted by atomic mass is 32.2. The fourth-order valence-electron chi connectivity index (χ4n) is 3.17. The van der Waals surface area contributed by atoms with E-state index in [1.54, 1.807) is 6.07 Å². The number of carbonyl (C=O) groups is 1. The third kappa shape index (κ3) is 5.17. The number of nitro benzene ring substituents is 1. The molecule has 1 aliphatic rings. The number of rotatable bonds is 7. The monoisotopic (exact) mass is 436 g/mol. The molecule has 1 aliphatic heterocycles. The quantitative estimate of drug-likeness (QED) is 0.525. The van der Waals surface area contributed by atoms with Crippen LogP contribution in [0.1, 0.15) is 6.42 Å². The van der Waals surface area contributed by atoms with E-state index in [1.165, 1.54) is 40.7 Å². The Morgan fingerprint density at radius 1 is 1.10 bits per heavy atom. The molecule has 0 spiro atoms. The van der Waals surface area contributed by atoms with E-state index in [1.807, 2.05) is 4.90 Å². The Kier molecular flexibility index (Phi) is 6.75. The number of hydrogen-bond donors (Lipinski definition) is 1. The van der Waals surface area contributed by atoms with Gasteiger partial charge in [0.1, 0.15) is 10.7 Å². The molecule has 1 fully saturated rings. The van der Waals surface area contributed by atoms with Gasteiger partial charge in [0.05, 0.1) is 4.92 Å². The first-order chi connectivity index (χ1) is 14.3. The number of nitrogens with one attached hydrogen (secondary N) is 1. The minimum Gasteiger partial charge on any atom is -0.326 e. The number of nitro groups is 1. The molecule has 1 N–H and O–H groups in total. The van der Waals surface area contributed by atoms with Crippen LogP contribution in [0, 0.1) is 15.9 Å². The summed E-state index contributed by atoms with van der Waals surface area (Å²) in [6.07, 6.45) is 0.156. The average molecular weight is 436 g/mol. The lowest BCUT2D eigenvalue weighted by molar-refractivity contribution is -0.384. The highest BCUT2D eigenvalue weighted by molar-refractivity contribution is 7.89. The van der Waals surface area contributed by atoms with Gasteiger partial charge in [0.2, 0.25) is 15.9 Å². The first-order valence-electron chi connectivity index (χ1n) is 9.29. The van der Waals surface area contributed by atoms with Gasteiger partial charge in [-0.1, -0.05) is 18.2 Å². The summed E-state index contributed by atoms with van der Waals surface area (Å²) in [5, 5.41) is 13.4. The molecule has 160 valence electrons. The van der Waals surface area contributed by atoms with Crippen LogP contribution in [0.5, 0.6) is 0 Å². The SMILES string of the molecule is O=C(CCN1CCN(S(=O)(=O)c2ccccc2F)CC1)Nc1cccc([N+](=O)[O-])c1. The zero-order valence-electron chi connectivity index (χ0n) is 16.0. The molecule has 11 heteroatoms. The summed E-state index contributed by atoms with van der Waals surface area (Å²) in [5.41, 5.74) is 0.231. The lowest BCUT2D eigenvalue weighted by Gasteiger charge is -2.33. The van der Waals surface area contributed by atoms with Crippen molar-refractivity contribution < 1.29 is 22.5 Å². The third-order valence-corrected chi connectivity index (χ3v) is 6.71. The topological polar surface area (TPSA) is 113 Å². The predicted molar refractivity (Wildman–Crippen MR) is 108 cm³/mol. The number of nitrogens with zero attached hydrogens (tertiary/aromatic N) is 3. The van der Waals surface area contributed by atoms with E-state index in [9.17, 15) is 27.7 Å². The van der Waals surface area contributed by atoms with Gasteiger partial charge in [0.25, 0.3) is 5.69 Å². The molecule has 0 saturated carbocycles. The van der Waals surface area contributed by atoms with Crippen LogP contribution in [0.25, 0.3) is 0 Å². The van der Waals surface area contributed by atoms with Crippen molar-refractivity contribution in [2.24, 2.45) is 0 Å². The Labute approximate surface area is 173 Å². The van der Waals surface area contributed by atoms with Gasteiger partial charge >= 0.3 is 0 Å². The van der Waals surface area contributed by atoms with E-state index in [-0.39, 0.29) is 36.0 Å². The third-order valence-electron chi connectivity index (χ3n) is 4.78. The molecular formula is C19H21FN4O5S. The molecule has 1 amide bonds. The van der Waals surface area contributed by atoms with Crippen LogP contribution in [0.3, 0.4) is 0 Å². The van der Waals surface area contributed by atoms with E-state index >= 15 is 0 Å². The number of non-ortho nitro benzene ring substituents is 1. The van der Waals surface area contributed by atoms with Crippen LogP contribution in [-0.4, -0.2) is 61.2 Å². The van der Waals surface area contributed by atoms with Crippen LogP contribution in [0.2, 0.25) is 0 Å². The van der Waals surface area contributed by atoms with Gasteiger partial charge in [-0.2, -0.15) is 4.31 Å². The van der Waals surface area contributed by atoms with Gasteiger partial charge in [0.15, 0.2) is 0 Å². The summed E-state index contributed by atoms with van der Waals surface area (Å²) in [5.74, 6) is -1.07. The van der Waals surface area contributed by atoms with E-state index < -0.39 is 20.8 Å². The molecule has 2 aromatic carbocycles. The fourth-order valence-corrected chi connectivity index (χ4v) is 4.65. The lowest BCUT2D eigenvalue weighted by Crippen LogP contribution is -2.49. The highest BCUT2D eigenvalue weighted by Gasteiger charge is 2.30. The fraction of sp³-hybridized carbons (Fsp3) is 0.316. The van der Waals surface area contributed by atoms with E-state index in [0.717, 1.165) is 6.07 Å². The molecule has 0 atom stereocenters. The highest BCUT2D eigenvalue weighted by Crippen LogP contribution is 2.21. The van der Waals surface area contributed by atoms with E-state index in [0.29, 0.717) is 25.3 Å². The summed E-state index contributed by atoms with van der Waals surface area (Å²) in [7, 11) is -3.90. The minimum atomic E-state index is -3.90. The molecule has 30 heavy (non-hydrogen) atoms. The van der Waals surface area contributed by atoms with Gasteiger partial charge in [-0.05, 0) is 18.2 Å². The number of piperazine rings is 1. The maximum Gasteiger partial charge on any atom is 0.271 e. The normalized spacial score (nSPS) is 15.6. The van der Waals surface area contributed by atoms with Crippen molar-refractivity contribution >= 4 is 27.3 Å². The van der Waals surface area contributed by atoms with Crippen molar-refractivity contribution in [3.05, 3.63) is 64.5 Å². The molecule has 3 rings (SSSR count). The Morgan fingerprint density at radius 3 is 2.47 bits per heavy atom. The van der Waals surface area contributed by atoms with Crippen molar-refractivity contribution in [2.45, 2.75) is 11.3 Å². The summed E-state index contributed by atoms with van der Waals surface area (Å²) in [6.45, 7) is 1.64. The molecule has 0 aromatic heterocycles. The smallest absolute Gasteiger partial charge is 0.271 e. The predicted octanol–water partition coefficient (Wildman–Crippen LogP) is 2.07. The molecular weight excluding hydrogens is 415 g/mol. The number of benzene rings is 2. The molecule has 0 radical (unpaired) electrons. The van der Waals surface area contributed by atoms with Gasteiger partial charge in [0, 0.05) is 57.0 Å². The van der Waals surface area contributed by atoms with E-state index in [4.69, 9.17) is 0 Å². The Balaban J connectivity index is 1.49. The van der Waals surface area contributed by atoms with Crippen LogP contribution in [0.15, 0.2) is 53.4 Å². The second-order valence-corrected chi connectivity index (χ2v) is 8.69. The van der Waals surface area contributed by atoms with Gasteiger partial charge in [-0.15, -0.1) is 0 Å². The van der Waals surface area contributed by atoms with Crippen molar-refractivity contribution in [1.29, 1.82) is 0 Å². The number of anilines is 1. The number of amides is 1. The summed E-state index contributed by atoms with van der Waals surface area (Å²) in [4.78, 5) is 24.0. The number of carbonyl (C=O) groups excluding carboxylic acids is 1. The minimum absolute atomic E-state index is 0.111. The summed E-state index contributed by atoms with van der Waals surface area (Å²) < 4.78 is 40.3. The molecule has 0 bridgehead atoms. The second kappa shape index (κ2) is 9.28. The van der Waals surface area contributed by atoms with Crippen LogP contribution >= 0.6 is 0 Å². The maximum absolute atomic E-state index is 13.9. The van der Waals surface area contributed by atoms with Crippen LogP contribution in [-0.2, 0) is 14.8 Å². The first-order valence-corrected chi connectivity index (χ1v) is 10.7. The summed E-state index contributed by atoms with van der Waals surface area (Å²) in [6, 6.07) is 10.9. The summed E-state index contributed by atoms with van der Waals surface area (Å²) >= 11 is 0. The second-order valence-electron chi connectivity index (χ2n) is 6.78. The van der Waals surface area contributed by atoms with Gasteiger partial charge in [-0.3, -0.25) is 14.9 Å². The largest absolute Gasteiger partial charge is 0.326 e. The van der Waals surface area contributed by atoms with Crippen molar-refractivity contribution in [1.82, 2.24) is 9.21 Å². The molecule has 1 heterocycles. The molecule has 2 aromatic rings. The zero-order chi connectivity index (χ0) is 21.7. The average Bonchev–Trinajstić information content (AvgIpc) is 2.73. The number of halogens is 1.